The first-order valence-electron chi connectivity index (χ1n) is 7.88. The molecule has 0 bridgehead atoms. The second kappa shape index (κ2) is 6.23. The SMILES string of the molecule is COc1ccc(N2C(=O)C(C)CS2(=O)=O)cc1S(=O)(=O)N1CCN=C1C. The van der Waals surface area contributed by atoms with Gasteiger partial charge in [-0.05, 0) is 25.1 Å². The van der Waals surface area contributed by atoms with Crippen molar-refractivity contribution in [2.75, 3.05) is 30.3 Å². The summed E-state index contributed by atoms with van der Waals surface area (Å²) in [6, 6.07) is 3.86. The van der Waals surface area contributed by atoms with E-state index in [9.17, 15) is 21.6 Å². The molecular weight excluding hydrogens is 382 g/mol. The van der Waals surface area contributed by atoms with Gasteiger partial charge in [0.15, 0.2) is 0 Å². The molecule has 1 saturated heterocycles. The lowest BCUT2D eigenvalue weighted by atomic mass is 10.2. The van der Waals surface area contributed by atoms with E-state index in [0.29, 0.717) is 16.7 Å². The number of hydrogen-bond acceptors (Lipinski definition) is 7. The van der Waals surface area contributed by atoms with Crippen LogP contribution in [0.4, 0.5) is 5.69 Å². The van der Waals surface area contributed by atoms with Crippen LogP contribution in [0.1, 0.15) is 13.8 Å². The number of carbonyl (C=O) groups is 1. The number of amidine groups is 1. The van der Waals surface area contributed by atoms with Crippen LogP contribution in [0.25, 0.3) is 0 Å². The van der Waals surface area contributed by atoms with E-state index in [1.54, 1.807) is 6.92 Å². The molecule has 1 atom stereocenters. The number of amides is 1. The van der Waals surface area contributed by atoms with Crippen molar-refractivity contribution in [3.8, 4) is 5.75 Å². The number of hydrogen-bond donors (Lipinski definition) is 0. The van der Waals surface area contributed by atoms with E-state index in [-0.39, 0.29) is 28.6 Å². The Morgan fingerprint density at radius 1 is 1.31 bits per heavy atom. The molecule has 142 valence electrons. The number of anilines is 1. The highest BCUT2D eigenvalue weighted by atomic mass is 32.2. The minimum absolute atomic E-state index is 0.0208. The van der Waals surface area contributed by atoms with E-state index in [2.05, 4.69) is 4.99 Å². The highest BCUT2D eigenvalue weighted by Gasteiger charge is 2.43. The van der Waals surface area contributed by atoms with Crippen LogP contribution in [-0.2, 0) is 24.8 Å². The smallest absolute Gasteiger partial charge is 0.269 e. The second-order valence-corrected chi connectivity index (χ2v) is 9.82. The first kappa shape index (κ1) is 18.6. The first-order valence-corrected chi connectivity index (χ1v) is 10.9. The largest absolute Gasteiger partial charge is 0.495 e. The molecule has 0 saturated carbocycles. The maximum Gasteiger partial charge on any atom is 0.269 e. The summed E-state index contributed by atoms with van der Waals surface area (Å²) in [6.45, 7) is 3.64. The third kappa shape index (κ3) is 2.84. The maximum absolute atomic E-state index is 13.0. The van der Waals surface area contributed by atoms with Crippen molar-refractivity contribution in [3.63, 3.8) is 0 Å². The molecule has 2 aliphatic rings. The number of ether oxygens (including phenoxy) is 1. The Hall–Kier alpha value is -2.14. The average Bonchev–Trinajstić information content (AvgIpc) is 3.08. The van der Waals surface area contributed by atoms with Crippen molar-refractivity contribution < 1.29 is 26.4 Å². The number of rotatable bonds is 4. The van der Waals surface area contributed by atoms with Crippen molar-refractivity contribution in [1.29, 1.82) is 0 Å². The van der Waals surface area contributed by atoms with Gasteiger partial charge in [-0.25, -0.2) is 21.1 Å². The zero-order valence-corrected chi connectivity index (χ0v) is 16.2. The number of methoxy groups -OCH3 is 1. The van der Waals surface area contributed by atoms with E-state index >= 15 is 0 Å². The van der Waals surface area contributed by atoms with Crippen LogP contribution in [0.5, 0.6) is 5.75 Å². The van der Waals surface area contributed by atoms with Gasteiger partial charge in [0.05, 0.1) is 37.6 Å². The van der Waals surface area contributed by atoms with Crippen LogP contribution < -0.4 is 9.04 Å². The summed E-state index contributed by atoms with van der Waals surface area (Å²) >= 11 is 0. The van der Waals surface area contributed by atoms with Crippen molar-refractivity contribution in [1.82, 2.24) is 4.31 Å². The molecule has 0 aromatic heterocycles. The van der Waals surface area contributed by atoms with Crippen LogP contribution in [0.3, 0.4) is 0 Å². The third-order valence-corrected chi connectivity index (χ3v) is 8.09. The fourth-order valence-corrected chi connectivity index (χ4v) is 6.49. The standard InChI is InChI=1S/C15H19N3O6S2/c1-10-9-25(20,21)18(15(10)19)12-4-5-13(24-3)14(8-12)26(22,23)17-7-6-16-11(17)2/h4-5,8,10H,6-7,9H2,1-3H3. The molecule has 11 heteroatoms. The summed E-state index contributed by atoms with van der Waals surface area (Å²) in [5, 5.41) is 0. The van der Waals surface area contributed by atoms with Crippen molar-refractivity contribution >= 4 is 37.5 Å². The van der Waals surface area contributed by atoms with Crippen LogP contribution in [0.15, 0.2) is 28.1 Å². The van der Waals surface area contributed by atoms with Gasteiger partial charge in [-0.3, -0.25) is 14.1 Å². The zero-order chi connectivity index (χ0) is 19.3. The molecule has 1 fully saturated rings. The van der Waals surface area contributed by atoms with E-state index in [1.165, 1.54) is 26.2 Å². The lowest BCUT2D eigenvalue weighted by Crippen LogP contribution is -2.34. The van der Waals surface area contributed by atoms with Crippen LogP contribution in [-0.4, -0.2) is 58.8 Å². The molecule has 0 radical (unpaired) electrons. The van der Waals surface area contributed by atoms with Crippen molar-refractivity contribution in [2.45, 2.75) is 18.7 Å². The van der Waals surface area contributed by atoms with Gasteiger partial charge in [-0.15, -0.1) is 0 Å². The van der Waals surface area contributed by atoms with Gasteiger partial charge in [-0.2, -0.15) is 0 Å². The molecule has 3 rings (SSSR count). The molecule has 1 aromatic carbocycles. The fourth-order valence-electron chi connectivity index (χ4n) is 3.04. The van der Waals surface area contributed by atoms with Crippen LogP contribution in [0.2, 0.25) is 0 Å². The van der Waals surface area contributed by atoms with E-state index in [0.717, 1.165) is 10.4 Å². The summed E-state index contributed by atoms with van der Waals surface area (Å²) in [5.74, 6) is -1.17. The van der Waals surface area contributed by atoms with Crippen molar-refractivity contribution in [3.05, 3.63) is 18.2 Å². The van der Waals surface area contributed by atoms with Gasteiger partial charge < -0.3 is 4.74 Å². The van der Waals surface area contributed by atoms with Gasteiger partial charge in [0.1, 0.15) is 16.5 Å². The van der Waals surface area contributed by atoms with Gasteiger partial charge in [0.2, 0.25) is 15.9 Å². The number of sulfonamides is 2. The Labute approximate surface area is 152 Å². The molecular formula is C15H19N3O6S2. The van der Waals surface area contributed by atoms with Gasteiger partial charge >= 0.3 is 0 Å². The fraction of sp³-hybridized carbons (Fsp3) is 0.467. The van der Waals surface area contributed by atoms with Gasteiger partial charge in [-0.1, -0.05) is 6.92 Å². The Morgan fingerprint density at radius 2 is 2.00 bits per heavy atom. The number of carbonyl (C=O) groups excluding carboxylic acids is 1. The number of nitrogens with zero attached hydrogens (tertiary/aromatic N) is 3. The molecule has 9 nitrogen and oxygen atoms in total. The normalized spacial score (nSPS) is 22.7. The number of benzene rings is 1. The van der Waals surface area contributed by atoms with Gasteiger partial charge in [0.25, 0.3) is 10.0 Å². The maximum atomic E-state index is 13.0. The predicted molar refractivity (Wildman–Crippen MR) is 95.3 cm³/mol. The molecule has 26 heavy (non-hydrogen) atoms. The Bertz CT molecular complexity index is 1000. The van der Waals surface area contributed by atoms with E-state index in [1.807, 2.05) is 0 Å². The van der Waals surface area contributed by atoms with Gasteiger partial charge in [0, 0.05) is 0 Å². The van der Waals surface area contributed by atoms with E-state index in [4.69, 9.17) is 4.74 Å². The quantitative estimate of drug-likeness (QED) is 0.723. The Balaban J connectivity index is 2.14. The van der Waals surface area contributed by atoms with E-state index < -0.39 is 31.9 Å². The van der Waals surface area contributed by atoms with Crippen LogP contribution in [0, 0.1) is 5.92 Å². The highest BCUT2D eigenvalue weighted by Crippen LogP contribution is 2.35. The monoisotopic (exact) mass is 401 g/mol. The predicted octanol–water partition coefficient (Wildman–Crippen LogP) is 0.430. The first-order chi connectivity index (χ1) is 12.1. The zero-order valence-electron chi connectivity index (χ0n) is 14.5. The minimum atomic E-state index is -4.01. The molecule has 2 heterocycles. The summed E-state index contributed by atoms with van der Waals surface area (Å²) < 4.78 is 57.6. The molecule has 0 aliphatic carbocycles. The minimum Gasteiger partial charge on any atom is -0.495 e. The summed E-state index contributed by atoms with van der Waals surface area (Å²) in [5.41, 5.74) is -0.0208. The van der Waals surface area contributed by atoms with Crippen LogP contribution >= 0.6 is 0 Å². The second-order valence-electron chi connectivity index (χ2n) is 6.12. The highest BCUT2D eigenvalue weighted by molar-refractivity contribution is 7.94. The third-order valence-electron chi connectivity index (χ3n) is 4.31. The molecule has 2 aliphatic heterocycles. The number of aliphatic imine (C=N–C) groups is 1. The lowest BCUT2D eigenvalue weighted by Gasteiger charge is -2.22. The molecule has 1 amide bonds. The summed E-state index contributed by atoms with van der Waals surface area (Å²) in [4.78, 5) is 16.1. The Morgan fingerprint density at radius 3 is 2.50 bits per heavy atom. The summed E-state index contributed by atoms with van der Waals surface area (Å²) in [7, 11) is -6.53. The molecule has 0 N–H and O–H groups in total. The van der Waals surface area contributed by atoms with Crippen molar-refractivity contribution in [2.24, 2.45) is 10.9 Å². The Kier molecular flexibility index (Phi) is 4.47. The molecule has 1 aromatic rings. The lowest BCUT2D eigenvalue weighted by molar-refractivity contribution is -0.119. The average molecular weight is 401 g/mol. The summed E-state index contributed by atoms with van der Waals surface area (Å²) in [6.07, 6.45) is 0. The molecule has 0 spiro atoms. The molecule has 1 unspecified atom stereocenters. The topological polar surface area (TPSA) is 113 Å².